The van der Waals surface area contributed by atoms with Crippen molar-refractivity contribution in [3.63, 3.8) is 0 Å². The molecule has 6 heteroatoms. The molecule has 0 unspecified atom stereocenters. The number of benzene rings is 1. The van der Waals surface area contributed by atoms with Crippen molar-refractivity contribution in [2.75, 3.05) is 13.2 Å². The van der Waals surface area contributed by atoms with Gasteiger partial charge in [0.15, 0.2) is 0 Å². The first-order valence-electron chi connectivity index (χ1n) is 8.44. The molecule has 1 amide bonds. The summed E-state index contributed by atoms with van der Waals surface area (Å²) >= 11 is 0. The van der Waals surface area contributed by atoms with Gasteiger partial charge in [0.1, 0.15) is 11.9 Å². The summed E-state index contributed by atoms with van der Waals surface area (Å²) in [4.78, 5) is 12.2. The second kappa shape index (κ2) is 10.5. The SMILES string of the molecule is CC(C)CCOc1ccccc1CNC(=O)[C@@H]1CC[C@H](CN)O1.Cl. The van der Waals surface area contributed by atoms with Gasteiger partial charge in [-0.2, -0.15) is 0 Å². The van der Waals surface area contributed by atoms with Gasteiger partial charge in [0.2, 0.25) is 5.91 Å². The van der Waals surface area contributed by atoms with Crippen LogP contribution in [-0.2, 0) is 16.1 Å². The Labute approximate surface area is 150 Å². The molecule has 1 aliphatic rings. The summed E-state index contributed by atoms with van der Waals surface area (Å²) in [6.45, 7) is 5.95. The maximum absolute atomic E-state index is 12.2. The van der Waals surface area contributed by atoms with Crippen molar-refractivity contribution in [3.05, 3.63) is 29.8 Å². The minimum absolute atomic E-state index is 0. The molecule has 2 rings (SSSR count). The van der Waals surface area contributed by atoms with E-state index < -0.39 is 0 Å². The highest BCUT2D eigenvalue weighted by Crippen LogP contribution is 2.21. The molecule has 3 N–H and O–H groups in total. The quantitative estimate of drug-likeness (QED) is 0.751. The summed E-state index contributed by atoms with van der Waals surface area (Å²) < 4.78 is 11.5. The van der Waals surface area contributed by atoms with E-state index in [4.69, 9.17) is 15.2 Å². The lowest BCUT2D eigenvalue weighted by Crippen LogP contribution is -2.35. The second-order valence-corrected chi connectivity index (χ2v) is 6.42. The molecule has 2 atom stereocenters. The minimum Gasteiger partial charge on any atom is -0.493 e. The van der Waals surface area contributed by atoms with E-state index in [1.165, 1.54) is 0 Å². The summed E-state index contributed by atoms with van der Waals surface area (Å²) in [5, 5.41) is 2.94. The van der Waals surface area contributed by atoms with Gasteiger partial charge in [-0.3, -0.25) is 4.79 Å². The molecule has 5 nitrogen and oxygen atoms in total. The number of ether oxygens (including phenoxy) is 2. The molecule has 24 heavy (non-hydrogen) atoms. The highest BCUT2D eigenvalue weighted by atomic mass is 35.5. The van der Waals surface area contributed by atoms with Gasteiger partial charge < -0.3 is 20.5 Å². The zero-order chi connectivity index (χ0) is 16.7. The number of hydrogen-bond acceptors (Lipinski definition) is 4. The molecular formula is C18H29ClN2O3. The van der Waals surface area contributed by atoms with Crippen molar-refractivity contribution < 1.29 is 14.3 Å². The van der Waals surface area contributed by atoms with Gasteiger partial charge in [0.25, 0.3) is 0 Å². The Morgan fingerprint density at radius 2 is 2.12 bits per heavy atom. The highest BCUT2D eigenvalue weighted by Gasteiger charge is 2.29. The van der Waals surface area contributed by atoms with Crippen molar-refractivity contribution in [3.8, 4) is 5.75 Å². The summed E-state index contributed by atoms with van der Waals surface area (Å²) in [7, 11) is 0. The molecular weight excluding hydrogens is 328 g/mol. The lowest BCUT2D eigenvalue weighted by molar-refractivity contribution is -0.132. The topological polar surface area (TPSA) is 73.6 Å². The predicted molar refractivity (Wildman–Crippen MR) is 97.4 cm³/mol. The number of nitrogens with two attached hydrogens (primary N) is 1. The molecule has 136 valence electrons. The van der Waals surface area contributed by atoms with Crippen LogP contribution in [0.15, 0.2) is 24.3 Å². The lowest BCUT2D eigenvalue weighted by atomic mass is 10.1. The number of amides is 1. The maximum atomic E-state index is 12.2. The number of halogens is 1. The van der Waals surface area contributed by atoms with Crippen LogP contribution in [0.25, 0.3) is 0 Å². The van der Waals surface area contributed by atoms with E-state index in [-0.39, 0.29) is 30.5 Å². The van der Waals surface area contributed by atoms with E-state index >= 15 is 0 Å². The predicted octanol–water partition coefficient (Wildman–Crippen LogP) is 2.66. The van der Waals surface area contributed by atoms with Crippen molar-refractivity contribution in [1.29, 1.82) is 0 Å². The maximum Gasteiger partial charge on any atom is 0.249 e. The van der Waals surface area contributed by atoms with Crippen LogP contribution in [0.1, 0.15) is 38.7 Å². The normalized spacial score (nSPS) is 19.8. The van der Waals surface area contributed by atoms with Crippen molar-refractivity contribution >= 4 is 18.3 Å². The Bertz CT molecular complexity index is 511. The summed E-state index contributed by atoms with van der Waals surface area (Å²) in [5.74, 6) is 1.37. The molecule has 1 aromatic carbocycles. The molecule has 0 aliphatic carbocycles. The molecule has 0 radical (unpaired) electrons. The standard InChI is InChI=1S/C18H28N2O3.ClH/c1-13(2)9-10-22-16-6-4-3-5-14(16)12-20-18(21)17-8-7-15(11-19)23-17;/h3-6,13,15,17H,7-12,19H2,1-2H3,(H,20,21);1H/t15-,17+;/m1./s1. The third-order valence-corrected chi connectivity index (χ3v) is 4.04. The monoisotopic (exact) mass is 356 g/mol. The van der Waals surface area contributed by atoms with Crippen molar-refractivity contribution in [2.24, 2.45) is 11.7 Å². The first-order chi connectivity index (χ1) is 11.1. The fourth-order valence-electron chi connectivity index (χ4n) is 2.56. The van der Waals surface area contributed by atoms with Gasteiger partial charge >= 0.3 is 0 Å². The van der Waals surface area contributed by atoms with Crippen molar-refractivity contribution in [2.45, 2.75) is 51.9 Å². The van der Waals surface area contributed by atoms with Crippen LogP contribution >= 0.6 is 12.4 Å². The first kappa shape index (κ1) is 20.7. The number of rotatable bonds is 8. The van der Waals surface area contributed by atoms with E-state index in [1.54, 1.807) is 0 Å². The van der Waals surface area contributed by atoms with Crippen molar-refractivity contribution in [1.82, 2.24) is 5.32 Å². The molecule has 1 fully saturated rings. The number of hydrogen-bond donors (Lipinski definition) is 2. The van der Waals surface area contributed by atoms with Crippen LogP contribution in [0, 0.1) is 5.92 Å². The third kappa shape index (κ3) is 6.30. The molecule has 1 aliphatic heterocycles. The molecule has 1 aromatic rings. The fourth-order valence-corrected chi connectivity index (χ4v) is 2.56. The van der Waals surface area contributed by atoms with Crippen LogP contribution in [0.3, 0.4) is 0 Å². The number of nitrogens with one attached hydrogen (secondary N) is 1. The van der Waals surface area contributed by atoms with E-state index in [9.17, 15) is 4.79 Å². The molecule has 1 heterocycles. The average Bonchev–Trinajstić information content (AvgIpc) is 3.02. The zero-order valence-electron chi connectivity index (χ0n) is 14.5. The third-order valence-electron chi connectivity index (χ3n) is 4.04. The van der Waals surface area contributed by atoms with Gasteiger partial charge in [-0.15, -0.1) is 12.4 Å². The van der Waals surface area contributed by atoms with E-state index in [1.807, 2.05) is 24.3 Å². The number of para-hydroxylation sites is 1. The average molecular weight is 357 g/mol. The van der Waals surface area contributed by atoms with E-state index in [0.717, 1.165) is 30.6 Å². The largest absolute Gasteiger partial charge is 0.493 e. The zero-order valence-corrected chi connectivity index (χ0v) is 15.3. The first-order valence-corrected chi connectivity index (χ1v) is 8.44. The molecule has 0 bridgehead atoms. The number of carbonyl (C=O) groups is 1. The second-order valence-electron chi connectivity index (χ2n) is 6.42. The van der Waals surface area contributed by atoms with E-state index in [2.05, 4.69) is 19.2 Å². The summed E-state index contributed by atoms with van der Waals surface area (Å²) in [5.41, 5.74) is 6.56. The van der Waals surface area contributed by atoms with Gasteiger partial charge in [0.05, 0.1) is 12.7 Å². The van der Waals surface area contributed by atoms with Crippen LogP contribution in [-0.4, -0.2) is 31.3 Å². The van der Waals surface area contributed by atoms with Gasteiger partial charge in [-0.25, -0.2) is 0 Å². The van der Waals surface area contributed by atoms with Crippen LogP contribution in [0.2, 0.25) is 0 Å². The fraction of sp³-hybridized carbons (Fsp3) is 0.611. The molecule has 1 saturated heterocycles. The Morgan fingerprint density at radius 3 is 2.79 bits per heavy atom. The smallest absolute Gasteiger partial charge is 0.249 e. The highest BCUT2D eigenvalue weighted by molar-refractivity contribution is 5.85. The minimum atomic E-state index is -0.377. The Morgan fingerprint density at radius 1 is 1.38 bits per heavy atom. The van der Waals surface area contributed by atoms with E-state index in [0.29, 0.717) is 25.6 Å². The van der Waals surface area contributed by atoms with Gasteiger partial charge in [-0.1, -0.05) is 32.0 Å². The van der Waals surface area contributed by atoms with Crippen LogP contribution in [0.4, 0.5) is 0 Å². The Hall–Kier alpha value is -1.30. The summed E-state index contributed by atoms with van der Waals surface area (Å²) in [6.07, 6.45) is 2.23. The summed E-state index contributed by atoms with van der Waals surface area (Å²) in [6, 6.07) is 7.82. The van der Waals surface area contributed by atoms with Gasteiger partial charge in [0, 0.05) is 18.7 Å². The molecule has 0 spiro atoms. The molecule has 0 saturated carbocycles. The molecule has 0 aromatic heterocycles. The Balaban J connectivity index is 0.00000288. The number of carbonyl (C=O) groups excluding carboxylic acids is 1. The van der Waals surface area contributed by atoms with Crippen LogP contribution in [0.5, 0.6) is 5.75 Å². The van der Waals surface area contributed by atoms with Crippen LogP contribution < -0.4 is 15.8 Å². The lowest BCUT2D eigenvalue weighted by Gasteiger charge is -2.15. The Kier molecular flexibility index (Phi) is 9.11. The van der Waals surface area contributed by atoms with Gasteiger partial charge in [-0.05, 0) is 31.2 Å².